The summed E-state index contributed by atoms with van der Waals surface area (Å²) in [4.78, 5) is 19.9. The minimum Gasteiger partial charge on any atom is -0.494 e. The van der Waals surface area contributed by atoms with Crippen LogP contribution in [0.1, 0.15) is 12.0 Å². The van der Waals surface area contributed by atoms with Gasteiger partial charge in [0.1, 0.15) is 22.9 Å². The van der Waals surface area contributed by atoms with E-state index >= 15 is 4.39 Å². The van der Waals surface area contributed by atoms with Crippen LogP contribution in [0.4, 0.5) is 16.2 Å². The Morgan fingerprint density at radius 1 is 1.18 bits per heavy atom. The number of hydrogen-bond donors (Lipinski definition) is 3. The molecule has 13 heteroatoms. The van der Waals surface area contributed by atoms with E-state index in [1.807, 2.05) is 6.07 Å². The van der Waals surface area contributed by atoms with Crippen LogP contribution in [0.3, 0.4) is 0 Å². The zero-order valence-corrected chi connectivity index (χ0v) is 22.1. The summed E-state index contributed by atoms with van der Waals surface area (Å²) in [6.45, 7) is 2.66. The number of fused-ring (bicyclic) bond motifs is 1. The number of halogens is 1. The van der Waals surface area contributed by atoms with Gasteiger partial charge in [0.15, 0.2) is 5.82 Å². The number of morpholine rings is 1. The highest BCUT2D eigenvalue weighted by atomic mass is 32.2. The fraction of sp³-hybridized carbons (Fsp3) is 0.308. The number of rotatable bonds is 9. The molecule has 4 N–H and O–H groups in total. The highest BCUT2D eigenvalue weighted by molar-refractivity contribution is 7.77. The molecule has 3 heterocycles. The van der Waals surface area contributed by atoms with E-state index < -0.39 is 11.3 Å². The minimum atomic E-state index is -2.09. The van der Waals surface area contributed by atoms with E-state index in [1.54, 1.807) is 43.8 Å². The molecule has 1 aliphatic rings. The first-order valence-electron chi connectivity index (χ1n) is 12.4. The van der Waals surface area contributed by atoms with Crippen LogP contribution in [0.25, 0.3) is 33.4 Å². The van der Waals surface area contributed by atoms with Crippen LogP contribution in [0.2, 0.25) is 0 Å². The Kier molecular flexibility index (Phi) is 8.21. The maximum absolute atomic E-state index is 15.7. The Hall–Kier alpha value is -3.78. The summed E-state index contributed by atoms with van der Waals surface area (Å²) in [5.41, 5.74) is 8.39. The summed E-state index contributed by atoms with van der Waals surface area (Å²) in [5, 5.41) is 0.714. The molecule has 1 aliphatic heterocycles. The third-order valence-electron chi connectivity index (χ3n) is 6.44. The minimum absolute atomic E-state index is 0.152. The summed E-state index contributed by atoms with van der Waals surface area (Å²) in [6, 6.07) is 8.88. The Morgan fingerprint density at radius 2 is 1.95 bits per heavy atom. The number of aromatic nitrogens is 4. The number of anilines is 2. The van der Waals surface area contributed by atoms with Gasteiger partial charge in [-0.05, 0) is 36.1 Å². The second-order valence-corrected chi connectivity index (χ2v) is 9.69. The second kappa shape index (κ2) is 11.9. The van der Waals surface area contributed by atoms with Gasteiger partial charge in [-0.3, -0.25) is 4.55 Å². The lowest BCUT2D eigenvalue weighted by Gasteiger charge is -2.29. The highest BCUT2D eigenvalue weighted by Crippen LogP contribution is 2.38. The third-order valence-corrected chi connectivity index (χ3v) is 6.90. The van der Waals surface area contributed by atoms with Crippen LogP contribution >= 0.6 is 0 Å². The molecule has 1 unspecified atom stereocenters. The first-order chi connectivity index (χ1) is 18.9. The van der Waals surface area contributed by atoms with Crippen molar-refractivity contribution < 1.29 is 22.6 Å². The summed E-state index contributed by atoms with van der Waals surface area (Å²) in [5.74, 6) is 1.36. The van der Waals surface area contributed by atoms with Gasteiger partial charge < -0.3 is 20.1 Å². The molecule has 0 bridgehead atoms. The van der Waals surface area contributed by atoms with Crippen LogP contribution < -0.4 is 20.1 Å². The van der Waals surface area contributed by atoms with Crippen molar-refractivity contribution in [2.75, 3.05) is 50.6 Å². The molecule has 0 aliphatic carbocycles. The van der Waals surface area contributed by atoms with Gasteiger partial charge in [0.25, 0.3) is 0 Å². The van der Waals surface area contributed by atoms with E-state index in [-0.39, 0.29) is 18.3 Å². The second-order valence-electron chi connectivity index (χ2n) is 8.90. The predicted molar refractivity (Wildman–Crippen MR) is 147 cm³/mol. The molecule has 1 saturated heterocycles. The van der Waals surface area contributed by atoms with Crippen molar-refractivity contribution in [1.29, 1.82) is 0 Å². The molecule has 1 fully saturated rings. The predicted octanol–water partition coefficient (Wildman–Crippen LogP) is 2.98. The Bertz CT molecular complexity index is 1500. The smallest absolute Gasteiger partial charge is 0.231 e. The third kappa shape index (κ3) is 5.96. The molecule has 5 rings (SSSR count). The number of nitrogens with two attached hydrogens (primary N) is 1. The van der Waals surface area contributed by atoms with E-state index in [4.69, 9.17) is 29.7 Å². The van der Waals surface area contributed by atoms with Crippen molar-refractivity contribution in [2.45, 2.75) is 12.8 Å². The van der Waals surface area contributed by atoms with Gasteiger partial charge in [0.05, 0.1) is 25.9 Å². The van der Waals surface area contributed by atoms with Gasteiger partial charge in [0.2, 0.25) is 17.2 Å². The summed E-state index contributed by atoms with van der Waals surface area (Å²) >= 11 is -2.09. The number of benzene rings is 2. The fourth-order valence-electron chi connectivity index (χ4n) is 4.53. The normalized spacial score (nSPS) is 14.5. The van der Waals surface area contributed by atoms with E-state index in [9.17, 15) is 4.21 Å². The maximum atomic E-state index is 15.7. The fourth-order valence-corrected chi connectivity index (χ4v) is 4.85. The van der Waals surface area contributed by atoms with Gasteiger partial charge in [0, 0.05) is 43.0 Å². The SMILES string of the molecule is COc1cc(-c2cccc(CCCNS(=O)O)c2F)cc2c(N3CCOCC3)nc(-c3cnc(N)nc3)nc12. The molecule has 1 atom stereocenters. The Balaban J connectivity index is 1.62. The molecule has 2 aromatic heterocycles. The van der Waals surface area contributed by atoms with E-state index in [1.165, 1.54) is 0 Å². The molecule has 11 nitrogen and oxygen atoms in total. The standard InChI is InChI=1S/C26H28FN7O4S/c1-37-21-13-17(19-6-2-4-16(22(19)27)5-3-7-31-39(35)36)12-20-23(21)32-24(18-14-29-26(28)30-15-18)33-25(20)34-8-10-38-11-9-34/h2,4,6,12-15,31H,3,5,7-11H2,1H3,(H,35,36)(H2,28,29,30). The van der Waals surface area contributed by atoms with Crippen molar-refractivity contribution >= 4 is 33.9 Å². The number of nitrogen functional groups attached to an aromatic ring is 1. The highest BCUT2D eigenvalue weighted by Gasteiger charge is 2.22. The lowest BCUT2D eigenvalue weighted by Crippen LogP contribution is -2.37. The molecule has 204 valence electrons. The van der Waals surface area contributed by atoms with Crippen LogP contribution in [0, 0.1) is 5.82 Å². The lowest BCUT2D eigenvalue weighted by atomic mass is 9.98. The number of methoxy groups -OCH3 is 1. The van der Waals surface area contributed by atoms with E-state index in [0.717, 1.165) is 0 Å². The topological polar surface area (TPSA) is 149 Å². The number of nitrogens with one attached hydrogen (secondary N) is 1. The average Bonchev–Trinajstić information content (AvgIpc) is 2.95. The largest absolute Gasteiger partial charge is 0.494 e. The van der Waals surface area contributed by atoms with Gasteiger partial charge in [-0.1, -0.05) is 18.2 Å². The van der Waals surface area contributed by atoms with Crippen LogP contribution in [-0.2, 0) is 22.4 Å². The van der Waals surface area contributed by atoms with Gasteiger partial charge >= 0.3 is 0 Å². The van der Waals surface area contributed by atoms with E-state index in [0.29, 0.717) is 89.7 Å². The molecular weight excluding hydrogens is 525 g/mol. The van der Waals surface area contributed by atoms with Crippen molar-refractivity contribution in [2.24, 2.45) is 0 Å². The summed E-state index contributed by atoms with van der Waals surface area (Å²) in [6.07, 6.45) is 4.05. The molecule has 0 radical (unpaired) electrons. The Labute approximate surface area is 227 Å². The van der Waals surface area contributed by atoms with Crippen molar-refractivity contribution in [3.05, 3.63) is 54.1 Å². The molecule has 39 heavy (non-hydrogen) atoms. The van der Waals surface area contributed by atoms with E-state index in [2.05, 4.69) is 19.6 Å². The molecular formula is C26H28FN7O4S. The maximum Gasteiger partial charge on any atom is 0.231 e. The monoisotopic (exact) mass is 553 g/mol. The number of ether oxygens (including phenoxy) is 2. The zero-order valence-electron chi connectivity index (χ0n) is 21.3. The molecule has 0 amide bonds. The lowest BCUT2D eigenvalue weighted by molar-refractivity contribution is 0.122. The van der Waals surface area contributed by atoms with Gasteiger partial charge in [-0.25, -0.2) is 33.3 Å². The number of aryl methyl sites for hydroxylation is 1. The average molecular weight is 554 g/mol. The van der Waals surface area contributed by atoms with Crippen LogP contribution in [0.5, 0.6) is 5.75 Å². The number of nitrogens with zero attached hydrogens (tertiary/aromatic N) is 5. The van der Waals surface area contributed by atoms with Gasteiger partial charge in [-0.2, -0.15) is 0 Å². The van der Waals surface area contributed by atoms with Crippen molar-refractivity contribution in [3.8, 4) is 28.3 Å². The first-order valence-corrected chi connectivity index (χ1v) is 13.5. The zero-order chi connectivity index (χ0) is 27.4. The quantitative estimate of drug-likeness (QED) is 0.209. The molecule has 0 spiro atoms. The Morgan fingerprint density at radius 3 is 2.67 bits per heavy atom. The summed E-state index contributed by atoms with van der Waals surface area (Å²) in [7, 11) is 1.55. The van der Waals surface area contributed by atoms with Crippen molar-refractivity contribution in [3.63, 3.8) is 0 Å². The summed E-state index contributed by atoms with van der Waals surface area (Å²) < 4.78 is 49.1. The van der Waals surface area contributed by atoms with Crippen LogP contribution in [-0.4, -0.2) is 68.7 Å². The van der Waals surface area contributed by atoms with Crippen LogP contribution in [0.15, 0.2) is 42.7 Å². The molecule has 2 aromatic carbocycles. The van der Waals surface area contributed by atoms with Gasteiger partial charge in [-0.15, -0.1) is 0 Å². The molecule has 4 aromatic rings. The number of hydrogen-bond acceptors (Lipinski definition) is 9. The van der Waals surface area contributed by atoms with Crippen molar-refractivity contribution in [1.82, 2.24) is 24.7 Å². The first kappa shape index (κ1) is 26.8. The molecule has 0 saturated carbocycles.